The molecule has 0 unspecified atom stereocenters. The third-order valence-corrected chi connectivity index (χ3v) is 1.13. The molecule has 0 amide bonds. The van der Waals surface area contributed by atoms with Crippen molar-refractivity contribution in [1.29, 1.82) is 0 Å². The number of carbonyl (C=O) groups is 2. The monoisotopic (exact) mass is 152 g/mol. The van der Waals surface area contributed by atoms with Gasteiger partial charge in [0.15, 0.2) is 0 Å². The van der Waals surface area contributed by atoms with Crippen LogP contribution in [0, 0.1) is 0 Å². The topological polar surface area (TPSA) is 74.6 Å². The van der Waals surface area contributed by atoms with E-state index in [-0.39, 0.29) is 0 Å². The van der Waals surface area contributed by atoms with Gasteiger partial charge in [-0.25, -0.2) is 9.59 Å². The fourth-order valence-electron chi connectivity index (χ4n) is 0.0915. The molecule has 52 valence electrons. The molecule has 4 nitrogen and oxygen atoms in total. The lowest BCUT2D eigenvalue weighted by molar-refractivity contribution is -0.151. The molecule has 0 aromatic carbocycles. The van der Waals surface area contributed by atoms with E-state index in [1.165, 1.54) is 0 Å². The summed E-state index contributed by atoms with van der Waals surface area (Å²) in [6.07, 6.45) is 0. The second-order valence-electron chi connectivity index (χ2n) is 1.61. The summed E-state index contributed by atoms with van der Waals surface area (Å²) < 4.78 is 0. The molecule has 0 saturated heterocycles. The van der Waals surface area contributed by atoms with Crippen LogP contribution in [-0.4, -0.2) is 27.0 Å². The van der Waals surface area contributed by atoms with E-state index < -0.39 is 16.8 Å². The van der Waals surface area contributed by atoms with Gasteiger partial charge in [-0.2, -0.15) is 0 Å². The molecule has 0 aromatic heterocycles. The fourth-order valence-corrected chi connectivity index (χ4v) is 0.0915. The van der Waals surface area contributed by atoms with E-state index in [4.69, 9.17) is 21.8 Å². The summed E-state index contributed by atoms with van der Waals surface area (Å²) in [6, 6.07) is 0. The van der Waals surface area contributed by atoms with Gasteiger partial charge < -0.3 is 10.2 Å². The average Bonchev–Trinajstić information content (AvgIpc) is 1.65. The Balaban J connectivity index is 4.38. The van der Waals surface area contributed by atoms with Gasteiger partial charge in [-0.05, 0) is 6.92 Å². The van der Waals surface area contributed by atoms with Gasteiger partial charge in [-0.15, -0.1) is 0 Å². The largest absolute Gasteiger partial charge is 0.480 e. The van der Waals surface area contributed by atoms with E-state index in [9.17, 15) is 9.59 Å². The average molecular weight is 153 g/mol. The van der Waals surface area contributed by atoms with Crippen LogP contribution in [0.1, 0.15) is 6.92 Å². The molecule has 2 N–H and O–H groups in total. The second kappa shape index (κ2) is 2.23. The van der Waals surface area contributed by atoms with Gasteiger partial charge in [0.1, 0.15) is 0 Å². The quantitative estimate of drug-likeness (QED) is 0.436. The van der Waals surface area contributed by atoms with Crippen LogP contribution in [0.2, 0.25) is 0 Å². The van der Waals surface area contributed by atoms with E-state index >= 15 is 0 Å². The van der Waals surface area contributed by atoms with E-state index in [2.05, 4.69) is 0 Å². The summed E-state index contributed by atoms with van der Waals surface area (Å²) in [5, 5.41) is 16.2. The molecule has 0 aliphatic heterocycles. The SMILES string of the molecule is CC(Cl)(C(=O)O)C(=O)O. The minimum absolute atomic E-state index is 0.902. The Hall–Kier alpha value is -0.770. The Labute approximate surface area is 56.0 Å². The second-order valence-corrected chi connectivity index (χ2v) is 2.37. The molecule has 0 bridgehead atoms. The third-order valence-electron chi connectivity index (χ3n) is 0.803. The highest BCUT2D eigenvalue weighted by atomic mass is 35.5. The molecule has 0 spiro atoms. The van der Waals surface area contributed by atoms with E-state index in [0.717, 1.165) is 6.92 Å². The van der Waals surface area contributed by atoms with Crippen molar-refractivity contribution in [1.82, 2.24) is 0 Å². The first kappa shape index (κ1) is 8.23. The lowest BCUT2D eigenvalue weighted by Gasteiger charge is -2.08. The minimum Gasteiger partial charge on any atom is -0.480 e. The summed E-state index contributed by atoms with van der Waals surface area (Å²) in [5.74, 6) is -3.12. The maximum absolute atomic E-state index is 9.95. The lowest BCUT2D eigenvalue weighted by Crippen LogP contribution is -2.37. The highest BCUT2D eigenvalue weighted by Crippen LogP contribution is 2.13. The zero-order valence-electron chi connectivity index (χ0n) is 4.59. The molecule has 0 saturated carbocycles. The first-order valence-electron chi connectivity index (χ1n) is 2.04. The molecule has 0 atom stereocenters. The zero-order chi connectivity index (χ0) is 7.65. The molecule has 9 heavy (non-hydrogen) atoms. The summed E-state index contributed by atoms with van der Waals surface area (Å²) >= 11 is 5.01. The van der Waals surface area contributed by atoms with Crippen molar-refractivity contribution < 1.29 is 19.8 Å². The minimum atomic E-state index is -2.19. The van der Waals surface area contributed by atoms with E-state index in [1.54, 1.807) is 0 Å². The van der Waals surface area contributed by atoms with Crippen molar-refractivity contribution in [3.8, 4) is 0 Å². The van der Waals surface area contributed by atoms with Crippen LogP contribution in [0.4, 0.5) is 0 Å². The Morgan fingerprint density at radius 3 is 1.56 bits per heavy atom. The molecule has 0 heterocycles. The number of aliphatic carboxylic acids is 2. The molecule has 0 rings (SSSR count). The number of carboxylic acid groups (broad SMARTS) is 2. The number of hydrogen-bond donors (Lipinski definition) is 2. The predicted octanol–water partition coefficient (Wildman–Crippen LogP) is 0.153. The number of alkyl halides is 1. The maximum Gasteiger partial charge on any atom is 0.336 e. The smallest absolute Gasteiger partial charge is 0.336 e. The Morgan fingerprint density at radius 1 is 1.33 bits per heavy atom. The summed E-state index contributed by atoms with van der Waals surface area (Å²) in [7, 11) is 0. The van der Waals surface area contributed by atoms with Gasteiger partial charge in [-0.3, -0.25) is 0 Å². The van der Waals surface area contributed by atoms with Crippen molar-refractivity contribution in [2.24, 2.45) is 0 Å². The standard InChI is InChI=1S/C4H5ClO4/c1-4(5,2(6)7)3(8)9/h1H3,(H,6,7)(H,8,9). The van der Waals surface area contributed by atoms with Crippen molar-refractivity contribution in [2.45, 2.75) is 11.8 Å². The molecular formula is C4H5ClO4. The van der Waals surface area contributed by atoms with E-state index in [1.807, 2.05) is 0 Å². The number of hydrogen-bond acceptors (Lipinski definition) is 2. The zero-order valence-corrected chi connectivity index (χ0v) is 5.34. The third kappa shape index (κ3) is 1.57. The normalized spacial score (nSPS) is 10.9. The molecule has 0 aromatic rings. The van der Waals surface area contributed by atoms with Gasteiger partial charge in [0.25, 0.3) is 0 Å². The van der Waals surface area contributed by atoms with Crippen LogP contribution >= 0.6 is 11.6 Å². The van der Waals surface area contributed by atoms with Crippen molar-refractivity contribution in [2.75, 3.05) is 0 Å². The Kier molecular flexibility index (Phi) is 2.03. The van der Waals surface area contributed by atoms with Crippen LogP contribution in [-0.2, 0) is 9.59 Å². The summed E-state index contributed by atoms with van der Waals surface area (Å²) in [5.41, 5.74) is 0. The Morgan fingerprint density at radius 2 is 1.56 bits per heavy atom. The van der Waals surface area contributed by atoms with Gasteiger partial charge in [-0.1, -0.05) is 11.6 Å². The Bertz CT molecular complexity index is 135. The van der Waals surface area contributed by atoms with Gasteiger partial charge >= 0.3 is 11.9 Å². The highest BCUT2D eigenvalue weighted by molar-refractivity contribution is 6.43. The van der Waals surface area contributed by atoms with Gasteiger partial charge in [0.05, 0.1) is 0 Å². The van der Waals surface area contributed by atoms with Crippen molar-refractivity contribution >= 4 is 23.5 Å². The summed E-state index contributed by atoms with van der Waals surface area (Å²) in [4.78, 5) is 17.7. The van der Waals surface area contributed by atoms with Crippen molar-refractivity contribution in [3.63, 3.8) is 0 Å². The first-order chi connectivity index (χ1) is 3.89. The molecule has 0 radical (unpaired) electrons. The molecule has 0 fully saturated rings. The molecular weight excluding hydrogens is 147 g/mol. The molecule has 0 aliphatic carbocycles. The fraction of sp³-hybridized carbons (Fsp3) is 0.500. The van der Waals surface area contributed by atoms with Crippen molar-refractivity contribution in [3.05, 3.63) is 0 Å². The van der Waals surface area contributed by atoms with Crippen LogP contribution in [0.25, 0.3) is 0 Å². The van der Waals surface area contributed by atoms with Crippen LogP contribution in [0.3, 0.4) is 0 Å². The number of halogens is 1. The first-order valence-corrected chi connectivity index (χ1v) is 2.42. The molecule has 5 heteroatoms. The van der Waals surface area contributed by atoms with Gasteiger partial charge in [0.2, 0.25) is 4.87 Å². The lowest BCUT2D eigenvalue weighted by atomic mass is 10.2. The maximum atomic E-state index is 9.95. The predicted molar refractivity (Wildman–Crippen MR) is 29.5 cm³/mol. The molecule has 0 aliphatic rings. The number of rotatable bonds is 2. The summed E-state index contributed by atoms with van der Waals surface area (Å²) in [6.45, 7) is 0.902. The highest BCUT2D eigenvalue weighted by Gasteiger charge is 2.38. The van der Waals surface area contributed by atoms with Crippen LogP contribution in [0.15, 0.2) is 0 Å². The van der Waals surface area contributed by atoms with Crippen LogP contribution < -0.4 is 0 Å². The van der Waals surface area contributed by atoms with Gasteiger partial charge in [0, 0.05) is 0 Å². The van der Waals surface area contributed by atoms with Crippen LogP contribution in [0.5, 0.6) is 0 Å². The number of carboxylic acids is 2. The van der Waals surface area contributed by atoms with E-state index in [0.29, 0.717) is 0 Å².